The van der Waals surface area contributed by atoms with E-state index >= 15 is 0 Å². The van der Waals surface area contributed by atoms with E-state index in [0.717, 1.165) is 22.4 Å². The van der Waals surface area contributed by atoms with Gasteiger partial charge < -0.3 is 14.7 Å². The molecule has 4 heteroatoms. The molecular weight excluding hydrogens is 290 g/mol. The average Bonchev–Trinajstić information content (AvgIpc) is 2.55. The Balaban J connectivity index is 1.76. The molecule has 1 aliphatic rings. The average molecular weight is 311 g/mol. The second-order valence-corrected chi connectivity index (χ2v) is 5.96. The molecule has 0 saturated heterocycles. The van der Waals surface area contributed by atoms with Crippen molar-refractivity contribution in [3.8, 4) is 5.75 Å². The van der Waals surface area contributed by atoms with Gasteiger partial charge in [0.05, 0.1) is 11.8 Å². The molecule has 0 spiro atoms. The molecule has 1 aliphatic heterocycles. The smallest absolute Gasteiger partial charge is 0.264 e. The number of hydrogen-bond acceptors (Lipinski definition) is 3. The van der Waals surface area contributed by atoms with E-state index in [9.17, 15) is 9.90 Å². The zero-order valence-corrected chi connectivity index (χ0v) is 13.5. The van der Waals surface area contributed by atoms with Crippen molar-refractivity contribution in [2.45, 2.75) is 26.4 Å². The van der Waals surface area contributed by atoms with Crippen molar-refractivity contribution in [3.05, 3.63) is 59.2 Å². The highest BCUT2D eigenvalue weighted by Crippen LogP contribution is 2.36. The minimum absolute atomic E-state index is 0.00701. The van der Waals surface area contributed by atoms with E-state index in [2.05, 4.69) is 0 Å². The van der Waals surface area contributed by atoms with Crippen LogP contribution in [-0.4, -0.2) is 24.2 Å². The van der Waals surface area contributed by atoms with Gasteiger partial charge in [-0.3, -0.25) is 4.79 Å². The van der Waals surface area contributed by atoms with Crippen LogP contribution in [0.5, 0.6) is 5.75 Å². The summed E-state index contributed by atoms with van der Waals surface area (Å²) in [5.41, 5.74) is 3.78. The number of ether oxygens (including phenoxy) is 1. The summed E-state index contributed by atoms with van der Waals surface area (Å²) in [6.45, 7) is 4.47. The summed E-state index contributed by atoms with van der Waals surface area (Å²) in [7, 11) is 0. The van der Waals surface area contributed by atoms with Gasteiger partial charge in [0, 0.05) is 12.1 Å². The van der Waals surface area contributed by atoms with Crippen LogP contribution >= 0.6 is 0 Å². The Labute approximate surface area is 136 Å². The van der Waals surface area contributed by atoms with Gasteiger partial charge in [0.1, 0.15) is 5.75 Å². The second kappa shape index (κ2) is 6.42. The highest BCUT2D eigenvalue weighted by atomic mass is 16.5. The number of aliphatic hydroxyl groups excluding tert-OH is 1. The van der Waals surface area contributed by atoms with Crippen LogP contribution in [0.25, 0.3) is 0 Å². The highest BCUT2D eigenvalue weighted by Gasteiger charge is 2.28. The molecule has 0 fully saturated rings. The summed E-state index contributed by atoms with van der Waals surface area (Å²) < 4.78 is 5.60. The molecule has 1 N–H and O–H groups in total. The molecule has 0 saturated carbocycles. The summed E-state index contributed by atoms with van der Waals surface area (Å²) in [4.78, 5) is 14.3. The highest BCUT2D eigenvalue weighted by molar-refractivity contribution is 5.96. The molecule has 1 atom stereocenters. The molecule has 0 bridgehead atoms. The maximum atomic E-state index is 12.6. The number of hydrogen-bond donors (Lipinski definition) is 1. The van der Waals surface area contributed by atoms with Crippen LogP contribution in [0.15, 0.2) is 42.5 Å². The van der Waals surface area contributed by atoms with Gasteiger partial charge in [0.25, 0.3) is 5.91 Å². The van der Waals surface area contributed by atoms with Crippen molar-refractivity contribution in [3.63, 3.8) is 0 Å². The number of aliphatic hydroxyl groups is 1. The maximum Gasteiger partial charge on any atom is 0.264 e. The van der Waals surface area contributed by atoms with E-state index < -0.39 is 6.10 Å². The van der Waals surface area contributed by atoms with Crippen LogP contribution in [0.3, 0.4) is 0 Å². The Morgan fingerprint density at radius 1 is 1.22 bits per heavy atom. The summed E-state index contributed by atoms with van der Waals surface area (Å²) >= 11 is 0. The Kier molecular flexibility index (Phi) is 4.35. The molecule has 3 rings (SSSR count). The third-order valence-electron chi connectivity index (χ3n) is 4.21. The molecule has 1 amide bonds. The number of carbonyl (C=O) groups excluding carboxylic acids is 1. The SMILES string of the molecule is Cc1ccc(OCC(=O)N2CCC(O)c3cccc(C)c32)cc1. The minimum atomic E-state index is -0.507. The van der Waals surface area contributed by atoms with Crippen molar-refractivity contribution in [2.75, 3.05) is 18.1 Å². The third-order valence-corrected chi connectivity index (χ3v) is 4.21. The van der Waals surface area contributed by atoms with Crippen LogP contribution in [0, 0.1) is 13.8 Å². The van der Waals surface area contributed by atoms with E-state index in [1.54, 1.807) is 4.90 Å². The number of benzene rings is 2. The van der Waals surface area contributed by atoms with Gasteiger partial charge in [-0.1, -0.05) is 35.9 Å². The standard InChI is InChI=1S/C19H21NO3/c1-13-6-8-15(9-7-13)23-12-18(22)20-11-10-17(21)16-5-3-4-14(2)19(16)20/h3-9,17,21H,10-12H2,1-2H3. The fraction of sp³-hybridized carbons (Fsp3) is 0.316. The number of amides is 1. The Morgan fingerprint density at radius 3 is 2.70 bits per heavy atom. The normalized spacial score (nSPS) is 16.8. The lowest BCUT2D eigenvalue weighted by Crippen LogP contribution is -2.40. The molecule has 2 aromatic rings. The maximum absolute atomic E-state index is 12.6. The van der Waals surface area contributed by atoms with E-state index in [0.29, 0.717) is 18.7 Å². The molecular formula is C19H21NO3. The molecule has 0 radical (unpaired) electrons. The second-order valence-electron chi connectivity index (χ2n) is 5.96. The number of carbonyl (C=O) groups is 1. The first-order valence-electron chi connectivity index (χ1n) is 7.83. The predicted molar refractivity (Wildman–Crippen MR) is 89.8 cm³/mol. The summed E-state index contributed by atoms with van der Waals surface area (Å²) in [6.07, 6.45) is 0.0409. The molecule has 0 aliphatic carbocycles. The predicted octanol–water partition coefficient (Wildman–Crippen LogP) is 3.15. The van der Waals surface area contributed by atoms with Crippen LogP contribution in [0.1, 0.15) is 29.2 Å². The number of nitrogens with zero attached hydrogens (tertiary/aromatic N) is 1. The van der Waals surface area contributed by atoms with Gasteiger partial charge in [-0.15, -0.1) is 0 Å². The fourth-order valence-corrected chi connectivity index (χ4v) is 2.94. The molecule has 4 nitrogen and oxygen atoms in total. The molecule has 0 aromatic heterocycles. The van der Waals surface area contributed by atoms with E-state index in [4.69, 9.17) is 4.74 Å². The summed E-state index contributed by atoms with van der Waals surface area (Å²) in [5, 5.41) is 10.2. The number of anilines is 1. The van der Waals surface area contributed by atoms with Crippen molar-refractivity contribution in [2.24, 2.45) is 0 Å². The van der Waals surface area contributed by atoms with Crippen molar-refractivity contribution >= 4 is 11.6 Å². The molecule has 1 heterocycles. The zero-order chi connectivity index (χ0) is 16.4. The van der Waals surface area contributed by atoms with Gasteiger partial charge in [0.2, 0.25) is 0 Å². The molecule has 120 valence electrons. The van der Waals surface area contributed by atoms with Gasteiger partial charge in [-0.2, -0.15) is 0 Å². The lowest BCUT2D eigenvalue weighted by molar-refractivity contribution is -0.120. The van der Waals surface area contributed by atoms with Gasteiger partial charge in [-0.25, -0.2) is 0 Å². The lowest BCUT2D eigenvalue weighted by Gasteiger charge is -2.33. The number of aryl methyl sites for hydroxylation is 2. The fourth-order valence-electron chi connectivity index (χ4n) is 2.94. The van der Waals surface area contributed by atoms with E-state index in [1.807, 2.05) is 56.3 Å². The first-order chi connectivity index (χ1) is 11.1. The van der Waals surface area contributed by atoms with Crippen LogP contribution in [-0.2, 0) is 4.79 Å². The lowest BCUT2D eigenvalue weighted by atomic mass is 9.96. The van der Waals surface area contributed by atoms with E-state index in [-0.39, 0.29) is 12.5 Å². The topological polar surface area (TPSA) is 49.8 Å². The van der Waals surface area contributed by atoms with Crippen LogP contribution in [0.2, 0.25) is 0 Å². The van der Waals surface area contributed by atoms with Crippen molar-refractivity contribution in [1.82, 2.24) is 0 Å². The molecule has 23 heavy (non-hydrogen) atoms. The Hall–Kier alpha value is -2.33. The van der Waals surface area contributed by atoms with Crippen molar-refractivity contribution < 1.29 is 14.6 Å². The van der Waals surface area contributed by atoms with Gasteiger partial charge in [-0.05, 0) is 38.0 Å². The van der Waals surface area contributed by atoms with E-state index in [1.165, 1.54) is 0 Å². The Morgan fingerprint density at radius 2 is 1.96 bits per heavy atom. The zero-order valence-electron chi connectivity index (χ0n) is 13.5. The van der Waals surface area contributed by atoms with Gasteiger partial charge >= 0.3 is 0 Å². The number of para-hydroxylation sites is 1. The first-order valence-corrected chi connectivity index (χ1v) is 7.83. The summed E-state index contributed by atoms with van der Waals surface area (Å²) in [5.74, 6) is 0.596. The molecule has 1 unspecified atom stereocenters. The quantitative estimate of drug-likeness (QED) is 0.947. The Bertz CT molecular complexity index is 709. The monoisotopic (exact) mass is 311 g/mol. The first kappa shape index (κ1) is 15.6. The number of fused-ring (bicyclic) bond motifs is 1. The third kappa shape index (κ3) is 3.22. The van der Waals surface area contributed by atoms with Crippen LogP contribution < -0.4 is 9.64 Å². The van der Waals surface area contributed by atoms with Crippen molar-refractivity contribution in [1.29, 1.82) is 0 Å². The largest absolute Gasteiger partial charge is 0.484 e. The summed E-state index contributed by atoms with van der Waals surface area (Å²) in [6, 6.07) is 13.4. The molecule has 2 aromatic carbocycles. The van der Waals surface area contributed by atoms with Gasteiger partial charge in [0.15, 0.2) is 6.61 Å². The van der Waals surface area contributed by atoms with Crippen LogP contribution in [0.4, 0.5) is 5.69 Å². The number of rotatable bonds is 3. The minimum Gasteiger partial charge on any atom is -0.484 e.